The summed E-state index contributed by atoms with van der Waals surface area (Å²) in [6.07, 6.45) is 5.85. The second kappa shape index (κ2) is 7.95. The molecule has 2 rings (SSSR count). The lowest BCUT2D eigenvalue weighted by Crippen LogP contribution is -1.90. The molecule has 1 unspecified atom stereocenters. The molecule has 1 atom stereocenters. The third-order valence-corrected chi connectivity index (χ3v) is 3.00. The van der Waals surface area contributed by atoms with Crippen LogP contribution in [0.25, 0.3) is 0 Å². The van der Waals surface area contributed by atoms with Crippen molar-refractivity contribution in [3.05, 3.63) is 83.9 Å². The molecule has 0 heterocycles. The van der Waals surface area contributed by atoms with E-state index in [-0.39, 0.29) is 0 Å². The monoisotopic (exact) mass is 265 g/mol. The van der Waals surface area contributed by atoms with E-state index in [0.717, 1.165) is 5.56 Å². The molecule has 0 aliphatic carbocycles. The van der Waals surface area contributed by atoms with Crippen molar-refractivity contribution in [2.45, 2.75) is 12.8 Å². The minimum Gasteiger partial charge on any atom is -0.392 e. The minimum atomic E-state index is 0.387. The molecule has 0 bridgehead atoms. The fraction of sp³-hybridized carbons (Fsp3) is 0.167. The van der Waals surface area contributed by atoms with Gasteiger partial charge in [-0.25, -0.2) is 0 Å². The molecule has 0 spiro atoms. The maximum atomic E-state index is 5.21. The number of allylic oxidation sites excluding steroid dienone is 1. The van der Waals surface area contributed by atoms with Gasteiger partial charge in [-0.3, -0.25) is 0 Å². The maximum Gasteiger partial charge on any atom is 0.135 e. The quantitative estimate of drug-likeness (QED) is 0.328. The third-order valence-electron chi connectivity index (χ3n) is 3.00. The zero-order chi connectivity index (χ0) is 14.0. The Kier molecular flexibility index (Phi) is 5.59. The SMILES string of the molecule is CC(/C=C/CO/N=C/c1ccccc1)c1ccccc1. The van der Waals surface area contributed by atoms with Crippen LogP contribution in [0, 0.1) is 0 Å². The van der Waals surface area contributed by atoms with E-state index in [1.165, 1.54) is 5.56 Å². The van der Waals surface area contributed by atoms with E-state index < -0.39 is 0 Å². The summed E-state index contributed by atoms with van der Waals surface area (Å²) in [5.74, 6) is 0.387. The highest BCUT2D eigenvalue weighted by Gasteiger charge is 1.98. The summed E-state index contributed by atoms with van der Waals surface area (Å²) in [5, 5.41) is 3.93. The van der Waals surface area contributed by atoms with Crippen LogP contribution < -0.4 is 0 Å². The Balaban J connectivity index is 1.73. The summed E-state index contributed by atoms with van der Waals surface area (Å²) in [6.45, 7) is 2.65. The zero-order valence-electron chi connectivity index (χ0n) is 11.6. The molecule has 2 aromatic carbocycles. The standard InChI is InChI=1S/C18H19NO/c1-16(18-12-6-3-7-13-18)9-8-14-20-19-15-17-10-4-2-5-11-17/h2-13,15-16H,14H2,1H3/b9-8+,19-15+. The average molecular weight is 265 g/mol. The number of rotatable bonds is 6. The molecule has 20 heavy (non-hydrogen) atoms. The van der Waals surface area contributed by atoms with Gasteiger partial charge in [0.2, 0.25) is 0 Å². The molecule has 2 aromatic rings. The first-order valence-corrected chi connectivity index (χ1v) is 6.78. The van der Waals surface area contributed by atoms with Gasteiger partial charge in [0.1, 0.15) is 6.61 Å². The number of benzene rings is 2. The van der Waals surface area contributed by atoms with Crippen LogP contribution >= 0.6 is 0 Å². The molecule has 0 aliphatic heterocycles. The predicted molar refractivity (Wildman–Crippen MR) is 84.0 cm³/mol. The average Bonchev–Trinajstić information content (AvgIpc) is 2.52. The van der Waals surface area contributed by atoms with Crippen LogP contribution in [0.5, 0.6) is 0 Å². The highest BCUT2D eigenvalue weighted by Crippen LogP contribution is 2.15. The van der Waals surface area contributed by atoms with Gasteiger partial charge < -0.3 is 4.84 Å². The van der Waals surface area contributed by atoms with Crippen LogP contribution in [0.15, 0.2) is 78.0 Å². The van der Waals surface area contributed by atoms with Crippen LogP contribution in [0.1, 0.15) is 24.0 Å². The Labute approximate surface area is 120 Å². The second-order valence-electron chi connectivity index (χ2n) is 4.57. The van der Waals surface area contributed by atoms with Crippen LogP contribution in [0.4, 0.5) is 0 Å². The van der Waals surface area contributed by atoms with Crippen LogP contribution in [0.3, 0.4) is 0 Å². The lowest BCUT2D eigenvalue weighted by molar-refractivity contribution is 0.176. The molecule has 102 valence electrons. The molecule has 2 heteroatoms. The van der Waals surface area contributed by atoms with Crippen LogP contribution in [-0.2, 0) is 4.84 Å². The van der Waals surface area contributed by atoms with Crippen molar-refractivity contribution < 1.29 is 4.84 Å². The van der Waals surface area contributed by atoms with Gasteiger partial charge in [0, 0.05) is 0 Å². The number of hydrogen-bond donors (Lipinski definition) is 0. The van der Waals surface area contributed by atoms with Crippen molar-refractivity contribution >= 4 is 6.21 Å². The number of nitrogens with zero attached hydrogens (tertiary/aromatic N) is 1. The van der Waals surface area contributed by atoms with Crippen LogP contribution in [-0.4, -0.2) is 12.8 Å². The van der Waals surface area contributed by atoms with Crippen molar-refractivity contribution in [3.8, 4) is 0 Å². The van der Waals surface area contributed by atoms with Crippen molar-refractivity contribution in [2.24, 2.45) is 5.16 Å². The summed E-state index contributed by atoms with van der Waals surface area (Å²) < 4.78 is 0. The summed E-state index contributed by atoms with van der Waals surface area (Å²) in [5.41, 5.74) is 2.34. The van der Waals surface area contributed by atoms with Crippen molar-refractivity contribution in [1.82, 2.24) is 0 Å². The number of hydrogen-bond acceptors (Lipinski definition) is 2. The minimum absolute atomic E-state index is 0.387. The Hall–Kier alpha value is -2.35. The van der Waals surface area contributed by atoms with Crippen LogP contribution in [0.2, 0.25) is 0 Å². The van der Waals surface area contributed by atoms with Gasteiger partial charge in [0.05, 0.1) is 6.21 Å². The molecule has 0 radical (unpaired) electrons. The zero-order valence-corrected chi connectivity index (χ0v) is 11.6. The van der Waals surface area contributed by atoms with E-state index in [4.69, 9.17) is 4.84 Å². The lowest BCUT2D eigenvalue weighted by atomic mass is 10.0. The Morgan fingerprint density at radius 1 is 1.00 bits per heavy atom. The summed E-state index contributed by atoms with van der Waals surface area (Å²) in [6, 6.07) is 20.3. The lowest BCUT2D eigenvalue weighted by Gasteiger charge is -2.05. The number of oxime groups is 1. The first-order chi connectivity index (χ1) is 9.86. The molecule has 0 N–H and O–H groups in total. The molecule has 0 saturated heterocycles. The van der Waals surface area contributed by atoms with Gasteiger partial charge in [-0.05, 0) is 23.1 Å². The Bertz CT molecular complexity index is 546. The summed E-state index contributed by atoms with van der Waals surface area (Å²) in [4.78, 5) is 5.21. The maximum absolute atomic E-state index is 5.21. The van der Waals surface area contributed by atoms with E-state index >= 15 is 0 Å². The van der Waals surface area contributed by atoms with E-state index in [1.54, 1.807) is 6.21 Å². The smallest absolute Gasteiger partial charge is 0.135 e. The third kappa shape index (κ3) is 4.73. The van der Waals surface area contributed by atoms with E-state index in [2.05, 4.69) is 42.4 Å². The largest absolute Gasteiger partial charge is 0.392 e. The van der Waals surface area contributed by atoms with Gasteiger partial charge in [-0.2, -0.15) is 0 Å². The fourth-order valence-electron chi connectivity index (χ4n) is 1.85. The molecule has 0 amide bonds. The topological polar surface area (TPSA) is 21.6 Å². The molecule has 0 fully saturated rings. The second-order valence-corrected chi connectivity index (χ2v) is 4.57. The van der Waals surface area contributed by atoms with Gasteiger partial charge in [0.25, 0.3) is 0 Å². The highest BCUT2D eigenvalue weighted by atomic mass is 16.6. The van der Waals surface area contributed by atoms with Gasteiger partial charge in [0.15, 0.2) is 0 Å². The summed E-state index contributed by atoms with van der Waals surface area (Å²) >= 11 is 0. The fourth-order valence-corrected chi connectivity index (χ4v) is 1.85. The Morgan fingerprint density at radius 3 is 2.35 bits per heavy atom. The first kappa shape index (κ1) is 14.1. The van der Waals surface area contributed by atoms with Crippen molar-refractivity contribution in [2.75, 3.05) is 6.61 Å². The predicted octanol–water partition coefficient (Wildman–Crippen LogP) is 4.40. The van der Waals surface area contributed by atoms with E-state index in [9.17, 15) is 0 Å². The van der Waals surface area contributed by atoms with Gasteiger partial charge >= 0.3 is 0 Å². The summed E-state index contributed by atoms with van der Waals surface area (Å²) in [7, 11) is 0. The highest BCUT2D eigenvalue weighted by molar-refractivity contribution is 5.78. The van der Waals surface area contributed by atoms with Gasteiger partial charge in [-0.15, -0.1) is 0 Å². The molecule has 0 aromatic heterocycles. The molecule has 2 nitrogen and oxygen atoms in total. The molecule has 0 aliphatic rings. The normalized spacial score (nSPS) is 12.8. The molecular formula is C18H19NO. The van der Waals surface area contributed by atoms with Crippen molar-refractivity contribution in [1.29, 1.82) is 0 Å². The van der Waals surface area contributed by atoms with Gasteiger partial charge in [-0.1, -0.05) is 78.8 Å². The van der Waals surface area contributed by atoms with E-state index in [0.29, 0.717) is 12.5 Å². The molecular weight excluding hydrogens is 246 g/mol. The molecule has 0 saturated carbocycles. The van der Waals surface area contributed by atoms with E-state index in [1.807, 2.05) is 42.5 Å². The van der Waals surface area contributed by atoms with Crippen molar-refractivity contribution in [3.63, 3.8) is 0 Å². The first-order valence-electron chi connectivity index (χ1n) is 6.78. The Morgan fingerprint density at radius 2 is 1.65 bits per heavy atom.